The molecule has 0 radical (unpaired) electrons. The van der Waals surface area contributed by atoms with Gasteiger partial charge in [-0.05, 0) is 132 Å². The number of benzene rings is 8. The second kappa shape index (κ2) is 13.6. The zero-order valence-corrected chi connectivity index (χ0v) is 28.7. The lowest BCUT2D eigenvalue weighted by atomic mass is 10.00. The quantitative estimate of drug-likeness (QED) is 0.157. The first kappa shape index (κ1) is 32.0. The number of nitrogens with zero attached hydrogens (tertiary/aromatic N) is 3. The molecule has 0 aliphatic carbocycles. The van der Waals surface area contributed by atoms with Crippen molar-refractivity contribution in [2.75, 3.05) is 9.80 Å². The van der Waals surface area contributed by atoms with Gasteiger partial charge in [0.25, 0.3) is 0 Å². The van der Waals surface area contributed by atoms with Gasteiger partial charge in [0.2, 0.25) is 0 Å². The summed E-state index contributed by atoms with van der Waals surface area (Å²) in [6.45, 7) is 0. The maximum atomic E-state index is 14.3. The molecule has 0 atom stereocenters. The predicted molar refractivity (Wildman–Crippen MR) is 215 cm³/mol. The average molecular weight is 690 g/mol. The molecular weight excluding hydrogens is 657 g/mol. The summed E-state index contributed by atoms with van der Waals surface area (Å²) in [5.74, 6) is -0.600. The molecule has 254 valence electrons. The molecule has 0 amide bonds. The van der Waals surface area contributed by atoms with Crippen molar-refractivity contribution in [3.05, 3.63) is 212 Å². The van der Waals surface area contributed by atoms with Crippen molar-refractivity contribution in [2.24, 2.45) is 0 Å². The first-order valence-electron chi connectivity index (χ1n) is 17.6. The zero-order valence-electron chi connectivity index (χ0n) is 28.7. The van der Waals surface area contributed by atoms with Crippen molar-refractivity contribution in [2.45, 2.75) is 0 Å². The molecule has 0 N–H and O–H groups in total. The van der Waals surface area contributed by atoms with E-state index in [2.05, 4.69) is 124 Å². The van der Waals surface area contributed by atoms with E-state index in [0.717, 1.165) is 67.4 Å². The largest absolute Gasteiger partial charge is 0.310 e. The van der Waals surface area contributed by atoms with Crippen LogP contribution in [0.15, 0.2) is 200 Å². The number of rotatable bonds is 8. The fourth-order valence-electron chi connectivity index (χ4n) is 7.26. The molecule has 5 heteroatoms. The van der Waals surface area contributed by atoms with E-state index in [1.54, 1.807) is 24.3 Å². The van der Waals surface area contributed by atoms with Crippen molar-refractivity contribution in [3.8, 4) is 16.8 Å². The monoisotopic (exact) mass is 689 g/mol. The molecule has 0 aliphatic heterocycles. The second-order valence-corrected chi connectivity index (χ2v) is 13.0. The van der Waals surface area contributed by atoms with Gasteiger partial charge in [0.1, 0.15) is 11.6 Å². The number of anilines is 6. The lowest BCUT2D eigenvalue weighted by Gasteiger charge is -2.30. The Kier molecular flexibility index (Phi) is 8.22. The Hall–Kier alpha value is -6.98. The normalized spacial score (nSPS) is 11.2. The van der Waals surface area contributed by atoms with E-state index < -0.39 is 0 Å². The van der Waals surface area contributed by atoms with Gasteiger partial charge in [0.15, 0.2) is 0 Å². The van der Waals surface area contributed by atoms with E-state index >= 15 is 0 Å². The van der Waals surface area contributed by atoms with Crippen LogP contribution in [0.3, 0.4) is 0 Å². The highest BCUT2D eigenvalue weighted by atomic mass is 19.1. The molecule has 0 unspecified atom stereocenters. The minimum Gasteiger partial charge on any atom is -0.310 e. The highest BCUT2D eigenvalue weighted by Gasteiger charge is 2.20. The molecule has 0 spiro atoms. The van der Waals surface area contributed by atoms with Gasteiger partial charge in [-0.25, -0.2) is 8.78 Å². The summed E-state index contributed by atoms with van der Waals surface area (Å²) in [6.07, 6.45) is 0. The summed E-state index contributed by atoms with van der Waals surface area (Å²) in [7, 11) is 0. The van der Waals surface area contributed by atoms with Crippen LogP contribution in [0.1, 0.15) is 0 Å². The SMILES string of the molecule is Fc1ccc(N(c2ccccc2)c2cc(-c3ccc4c(c3)c3ccccc3n4-c3ccccc3)cc(N(c3ccccc3)c3ccc(F)cc3)c2)cc1. The lowest BCUT2D eigenvalue weighted by molar-refractivity contribution is 0.627. The van der Waals surface area contributed by atoms with Crippen LogP contribution >= 0.6 is 0 Å². The minimum atomic E-state index is -0.300. The highest BCUT2D eigenvalue weighted by molar-refractivity contribution is 6.10. The molecule has 0 saturated heterocycles. The van der Waals surface area contributed by atoms with Crippen LogP contribution in [0.25, 0.3) is 38.6 Å². The Morgan fingerprint density at radius 2 is 0.774 bits per heavy atom. The third-order valence-electron chi connectivity index (χ3n) is 9.64. The molecule has 0 aliphatic rings. The molecule has 8 aromatic carbocycles. The van der Waals surface area contributed by atoms with Gasteiger partial charge in [0.05, 0.1) is 11.0 Å². The third-order valence-corrected chi connectivity index (χ3v) is 9.64. The smallest absolute Gasteiger partial charge is 0.123 e. The number of fused-ring (bicyclic) bond motifs is 3. The number of para-hydroxylation sites is 4. The van der Waals surface area contributed by atoms with Crippen molar-refractivity contribution in [1.29, 1.82) is 0 Å². The lowest BCUT2D eigenvalue weighted by Crippen LogP contribution is -2.13. The maximum Gasteiger partial charge on any atom is 0.123 e. The van der Waals surface area contributed by atoms with Crippen LogP contribution in [0.4, 0.5) is 42.9 Å². The molecule has 0 fully saturated rings. The van der Waals surface area contributed by atoms with Gasteiger partial charge in [-0.1, -0.05) is 78.9 Å². The summed E-state index contributed by atoms with van der Waals surface area (Å²) in [5.41, 5.74) is 10.6. The summed E-state index contributed by atoms with van der Waals surface area (Å²) < 4.78 is 30.9. The van der Waals surface area contributed by atoms with Crippen LogP contribution in [-0.4, -0.2) is 4.57 Å². The van der Waals surface area contributed by atoms with Gasteiger partial charge in [-0.3, -0.25) is 0 Å². The molecule has 3 nitrogen and oxygen atoms in total. The third kappa shape index (κ3) is 6.08. The van der Waals surface area contributed by atoms with Gasteiger partial charge >= 0.3 is 0 Å². The predicted octanol–water partition coefficient (Wildman–Crippen LogP) is 13.7. The number of hydrogen-bond acceptors (Lipinski definition) is 2. The number of aromatic nitrogens is 1. The fourth-order valence-corrected chi connectivity index (χ4v) is 7.26. The Morgan fingerprint density at radius 1 is 0.321 bits per heavy atom. The Morgan fingerprint density at radius 3 is 1.32 bits per heavy atom. The van der Waals surface area contributed by atoms with Gasteiger partial charge in [0, 0.05) is 50.6 Å². The molecule has 53 heavy (non-hydrogen) atoms. The van der Waals surface area contributed by atoms with Crippen molar-refractivity contribution in [3.63, 3.8) is 0 Å². The van der Waals surface area contributed by atoms with E-state index in [9.17, 15) is 8.78 Å². The minimum absolute atomic E-state index is 0.300. The van der Waals surface area contributed by atoms with E-state index in [4.69, 9.17) is 0 Å². The first-order valence-corrected chi connectivity index (χ1v) is 17.6. The van der Waals surface area contributed by atoms with Gasteiger partial charge in [-0.2, -0.15) is 0 Å². The molecule has 1 aromatic heterocycles. The average Bonchev–Trinajstić information content (AvgIpc) is 3.54. The van der Waals surface area contributed by atoms with Crippen LogP contribution < -0.4 is 9.80 Å². The number of hydrogen-bond donors (Lipinski definition) is 0. The Balaban J connectivity index is 1.31. The molecule has 0 bridgehead atoms. The standard InChI is InChI=1S/C48H33F2N3/c49-36-21-25-41(26-22-36)51(38-12-4-1-5-13-38)43-30-35(31-44(33-43)52(39-14-6-2-7-15-39)42-27-23-37(50)24-28-42)34-20-29-48-46(32-34)45-18-10-11-19-47(45)53(48)40-16-8-3-9-17-40/h1-33H. The number of halogens is 2. The fraction of sp³-hybridized carbons (Fsp3) is 0. The molecular formula is C48H33F2N3. The highest BCUT2D eigenvalue weighted by Crippen LogP contribution is 2.44. The van der Waals surface area contributed by atoms with Crippen LogP contribution in [0, 0.1) is 11.6 Å². The van der Waals surface area contributed by atoms with Crippen molar-refractivity contribution in [1.82, 2.24) is 4.57 Å². The first-order chi connectivity index (χ1) is 26.1. The second-order valence-electron chi connectivity index (χ2n) is 13.0. The topological polar surface area (TPSA) is 11.4 Å². The van der Waals surface area contributed by atoms with E-state index in [0.29, 0.717) is 0 Å². The molecule has 9 rings (SSSR count). The van der Waals surface area contributed by atoms with E-state index in [-0.39, 0.29) is 11.6 Å². The Bertz CT molecular complexity index is 2570. The zero-order chi connectivity index (χ0) is 35.7. The molecule has 1 heterocycles. The summed E-state index contributed by atoms with van der Waals surface area (Å²) in [5, 5.41) is 2.31. The van der Waals surface area contributed by atoms with Crippen LogP contribution in [0.5, 0.6) is 0 Å². The van der Waals surface area contributed by atoms with Gasteiger partial charge in [-0.15, -0.1) is 0 Å². The Labute approximate surface area is 306 Å². The molecule has 9 aromatic rings. The van der Waals surface area contributed by atoms with Crippen LogP contribution in [0.2, 0.25) is 0 Å². The van der Waals surface area contributed by atoms with Crippen molar-refractivity contribution >= 4 is 55.9 Å². The summed E-state index contributed by atoms with van der Waals surface area (Å²) >= 11 is 0. The van der Waals surface area contributed by atoms with Gasteiger partial charge < -0.3 is 14.4 Å². The van der Waals surface area contributed by atoms with Crippen LogP contribution in [-0.2, 0) is 0 Å². The van der Waals surface area contributed by atoms with Crippen molar-refractivity contribution < 1.29 is 8.78 Å². The molecule has 0 saturated carbocycles. The van der Waals surface area contributed by atoms with E-state index in [1.807, 2.05) is 42.5 Å². The van der Waals surface area contributed by atoms with E-state index in [1.165, 1.54) is 29.7 Å². The maximum absolute atomic E-state index is 14.3. The summed E-state index contributed by atoms with van der Waals surface area (Å²) in [4.78, 5) is 4.28. The summed E-state index contributed by atoms with van der Waals surface area (Å²) in [6, 6.07) is 65.5.